The summed E-state index contributed by atoms with van der Waals surface area (Å²) < 4.78 is 0. The first-order valence-electron chi connectivity index (χ1n) is 11.7. The summed E-state index contributed by atoms with van der Waals surface area (Å²) in [6.07, 6.45) is 2.29. The predicted molar refractivity (Wildman–Crippen MR) is 143 cm³/mol. The molecule has 5 aromatic carbocycles. The molecule has 0 radical (unpaired) electrons. The van der Waals surface area contributed by atoms with Gasteiger partial charge in [0.2, 0.25) is 0 Å². The van der Waals surface area contributed by atoms with Crippen molar-refractivity contribution in [1.82, 2.24) is 0 Å². The van der Waals surface area contributed by atoms with Crippen LogP contribution in [-0.4, -0.2) is 8.07 Å². The largest absolute Gasteiger partial charge is 0.0843 e. The Balaban J connectivity index is 1.44. The van der Waals surface area contributed by atoms with E-state index in [2.05, 4.69) is 122 Å². The molecular weight excluding hydrogens is 400 g/mol. The van der Waals surface area contributed by atoms with Crippen molar-refractivity contribution in [2.75, 3.05) is 0 Å². The second-order valence-electron chi connectivity index (χ2n) is 9.20. The van der Waals surface area contributed by atoms with Crippen LogP contribution in [0.4, 0.5) is 0 Å². The van der Waals surface area contributed by atoms with Gasteiger partial charge in [-0.2, -0.15) is 0 Å². The molecular formula is C31H30Si. The molecule has 5 aromatic rings. The number of rotatable bonds is 7. The number of fused-ring (bicyclic) bond motifs is 2. The van der Waals surface area contributed by atoms with Gasteiger partial charge in [-0.25, -0.2) is 0 Å². The van der Waals surface area contributed by atoms with Gasteiger partial charge in [0.15, 0.2) is 0 Å². The third-order valence-electron chi connectivity index (χ3n) is 7.12. The van der Waals surface area contributed by atoms with Gasteiger partial charge in [-0.05, 0) is 57.6 Å². The van der Waals surface area contributed by atoms with Crippen molar-refractivity contribution < 1.29 is 0 Å². The quantitative estimate of drug-likeness (QED) is 0.231. The Bertz CT molecular complexity index is 1240. The predicted octanol–water partition coefficient (Wildman–Crippen LogP) is 7.76. The second kappa shape index (κ2) is 9.14. The highest BCUT2D eigenvalue weighted by Crippen LogP contribution is 2.27. The zero-order valence-corrected chi connectivity index (χ0v) is 19.8. The summed E-state index contributed by atoms with van der Waals surface area (Å²) in [5.41, 5.74) is 2.98. The third-order valence-corrected chi connectivity index (χ3v) is 11.6. The summed E-state index contributed by atoms with van der Waals surface area (Å²) >= 11 is 0. The summed E-state index contributed by atoms with van der Waals surface area (Å²) in [7, 11) is -1.67. The standard InChI is InChI=1S/C31H30Si/c1-32(29-17-3-2-4-18-29,23-21-27-15-9-13-25-11-5-7-19-30(25)27)24-22-28-16-10-14-26-12-6-8-20-31(26)28/h2-20H,21-24H2,1H3. The maximum Gasteiger partial charge on any atom is 0.0843 e. The minimum atomic E-state index is -1.67. The highest BCUT2D eigenvalue weighted by Gasteiger charge is 2.29. The molecule has 0 aliphatic rings. The van der Waals surface area contributed by atoms with Gasteiger partial charge in [0, 0.05) is 0 Å². The maximum atomic E-state index is 2.60. The van der Waals surface area contributed by atoms with Crippen molar-refractivity contribution in [1.29, 1.82) is 0 Å². The van der Waals surface area contributed by atoms with E-state index < -0.39 is 8.07 Å². The van der Waals surface area contributed by atoms with Crippen molar-refractivity contribution in [2.45, 2.75) is 31.5 Å². The molecule has 0 saturated carbocycles. The van der Waals surface area contributed by atoms with Crippen LogP contribution in [0.2, 0.25) is 18.6 Å². The summed E-state index contributed by atoms with van der Waals surface area (Å²) in [4.78, 5) is 0. The Morgan fingerprint density at radius 3 is 1.44 bits per heavy atom. The molecule has 0 nitrogen and oxygen atoms in total. The highest BCUT2D eigenvalue weighted by molar-refractivity contribution is 6.90. The SMILES string of the molecule is C[Si](CCc1cccc2ccccc12)(CCc1cccc2ccccc12)c1ccccc1. The zero-order valence-electron chi connectivity index (χ0n) is 18.8. The maximum absolute atomic E-state index is 2.60. The number of benzene rings is 5. The molecule has 0 aromatic heterocycles. The first kappa shape index (κ1) is 20.7. The molecule has 1 heteroatoms. The summed E-state index contributed by atoms with van der Waals surface area (Å²) in [6, 6.07) is 45.1. The fourth-order valence-electron chi connectivity index (χ4n) is 5.10. The van der Waals surface area contributed by atoms with Gasteiger partial charge in [-0.15, -0.1) is 0 Å². The monoisotopic (exact) mass is 430 g/mol. The van der Waals surface area contributed by atoms with Crippen LogP contribution in [0.15, 0.2) is 115 Å². The minimum Gasteiger partial charge on any atom is -0.0652 e. The van der Waals surface area contributed by atoms with Crippen molar-refractivity contribution in [2.24, 2.45) is 0 Å². The Labute approximate surface area is 192 Å². The van der Waals surface area contributed by atoms with E-state index in [9.17, 15) is 0 Å². The van der Waals surface area contributed by atoms with E-state index in [1.807, 2.05) is 0 Å². The molecule has 5 rings (SSSR count). The molecule has 0 amide bonds. The third kappa shape index (κ3) is 4.26. The van der Waals surface area contributed by atoms with Crippen molar-refractivity contribution >= 4 is 34.8 Å². The molecule has 0 spiro atoms. The average Bonchev–Trinajstić information content (AvgIpc) is 2.86. The minimum absolute atomic E-state index is 1.15. The van der Waals surface area contributed by atoms with Crippen LogP contribution in [0, 0.1) is 0 Å². The molecule has 0 aliphatic carbocycles. The van der Waals surface area contributed by atoms with E-state index in [1.165, 1.54) is 44.8 Å². The molecule has 0 bridgehead atoms. The smallest absolute Gasteiger partial charge is 0.0652 e. The molecule has 0 heterocycles. The molecule has 0 aliphatic heterocycles. The van der Waals surface area contributed by atoms with E-state index in [0.717, 1.165) is 12.8 Å². The lowest BCUT2D eigenvalue weighted by Crippen LogP contribution is -2.45. The lowest BCUT2D eigenvalue weighted by atomic mass is 10.0. The fourth-order valence-corrected chi connectivity index (χ4v) is 8.56. The first-order valence-corrected chi connectivity index (χ1v) is 14.6. The summed E-state index contributed by atoms with van der Waals surface area (Å²) in [5.74, 6) is 0. The number of aryl methyl sites for hydroxylation is 2. The van der Waals surface area contributed by atoms with Gasteiger partial charge in [0.05, 0.1) is 8.07 Å². The van der Waals surface area contributed by atoms with Gasteiger partial charge >= 0.3 is 0 Å². The van der Waals surface area contributed by atoms with Crippen LogP contribution < -0.4 is 5.19 Å². The van der Waals surface area contributed by atoms with Crippen LogP contribution in [0.5, 0.6) is 0 Å². The van der Waals surface area contributed by atoms with Crippen LogP contribution in [0.3, 0.4) is 0 Å². The van der Waals surface area contributed by atoms with E-state index >= 15 is 0 Å². The van der Waals surface area contributed by atoms with E-state index in [1.54, 1.807) is 5.19 Å². The first-order chi connectivity index (χ1) is 15.7. The van der Waals surface area contributed by atoms with Gasteiger partial charge < -0.3 is 0 Å². The van der Waals surface area contributed by atoms with Crippen LogP contribution in [0.1, 0.15) is 11.1 Å². The normalized spacial score (nSPS) is 11.8. The molecule has 0 atom stereocenters. The Morgan fingerprint density at radius 2 is 0.906 bits per heavy atom. The fraction of sp³-hybridized carbons (Fsp3) is 0.161. The topological polar surface area (TPSA) is 0 Å². The van der Waals surface area contributed by atoms with Crippen LogP contribution >= 0.6 is 0 Å². The van der Waals surface area contributed by atoms with Crippen LogP contribution in [-0.2, 0) is 12.8 Å². The Kier molecular flexibility index (Phi) is 5.92. The molecule has 0 N–H and O–H groups in total. The molecule has 0 unspecified atom stereocenters. The molecule has 0 saturated heterocycles. The lowest BCUT2D eigenvalue weighted by molar-refractivity contribution is 1.05. The van der Waals surface area contributed by atoms with E-state index in [4.69, 9.17) is 0 Å². The Hall–Kier alpha value is -3.16. The van der Waals surface area contributed by atoms with E-state index in [0.29, 0.717) is 0 Å². The number of hydrogen-bond donors (Lipinski definition) is 0. The Morgan fingerprint density at radius 1 is 0.469 bits per heavy atom. The summed E-state index contributed by atoms with van der Waals surface area (Å²) in [5, 5.41) is 7.11. The molecule has 0 fully saturated rings. The molecule has 158 valence electrons. The highest BCUT2D eigenvalue weighted by atomic mass is 28.3. The van der Waals surface area contributed by atoms with Crippen molar-refractivity contribution in [3.63, 3.8) is 0 Å². The van der Waals surface area contributed by atoms with Gasteiger partial charge in [0.25, 0.3) is 0 Å². The van der Waals surface area contributed by atoms with E-state index in [-0.39, 0.29) is 0 Å². The lowest BCUT2D eigenvalue weighted by Gasteiger charge is -2.29. The van der Waals surface area contributed by atoms with Crippen molar-refractivity contribution in [3.8, 4) is 0 Å². The van der Waals surface area contributed by atoms with Crippen LogP contribution in [0.25, 0.3) is 21.5 Å². The van der Waals surface area contributed by atoms with Crippen molar-refractivity contribution in [3.05, 3.63) is 126 Å². The second-order valence-corrected chi connectivity index (χ2v) is 13.9. The van der Waals surface area contributed by atoms with Gasteiger partial charge in [-0.3, -0.25) is 0 Å². The average molecular weight is 431 g/mol. The number of hydrogen-bond acceptors (Lipinski definition) is 0. The zero-order chi connectivity index (χ0) is 21.8. The molecule has 32 heavy (non-hydrogen) atoms. The van der Waals surface area contributed by atoms with Gasteiger partial charge in [-0.1, -0.05) is 127 Å². The summed E-state index contributed by atoms with van der Waals surface area (Å²) in [6.45, 7) is 2.60. The van der Waals surface area contributed by atoms with Gasteiger partial charge in [0.1, 0.15) is 0 Å².